The van der Waals surface area contributed by atoms with Gasteiger partial charge in [0.25, 0.3) is 0 Å². The highest BCUT2D eigenvalue weighted by atomic mass is 31.2. The van der Waals surface area contributed by atoms with Crippen molar-refractivity contribution in [3.63, 3.8) is 0 Å². The van der Waals surface area contributed by atoms with Gasteiger partial charge < -0.3 is 18.9 Å². The van der Waals surface area contributed by atoms with Gasteiger partial charge in [0.1, 0.15) is 19.3 Å². The molecule has 0 fully saturated rings. The molecule has 338 valence electrons. The Morgan fingerprint density at radius 1 is 0.552 bits per heavy atom. The predicted molar refractivity (Wildman–Crippen MR) is 247 cm³/mol. The van der Waals surface area contributed by atoms with Gasteiger partial charge in [-0.15, -0.1) is 0 Å². The number of allylic oxidation sites excluding steroid dienone is 10. The summed E-state index contributed by atoms with van der Waals surface area (Å²) in [6.45, 7) is 5.47. The molecular weight excluding hydrogens is 746 g/mol. The van der Waals surface area contributed by atoms with E-state index < -0.39 is 13.9 Å². The predicted octanol–water partition coefficient (Wildman–Crippen LogP) is 14.1. The molecule has 2 atom stereocenters. The Labute approximate surface area is 358 Å². The van der Waals surface area contributed by atoms with E-state index in [0.717, 1.165) is 64.2 Å². The van der Waals surface area contributed by atoms with Gasteiger partial charge in [-0.05, 0) is 77.0 Å². The number of phosphoric acid groups is 1. The first-order valence-corrected chi connectivity index (χ1v) is 25.0. The number of quaternary nitrogens is 1. The molecule has 0 heterocycles. The van der Waals surface area contributed by atoms with Gasteiger partial charge in [0.15, 0.2) is 0 Å². The molecule has 0 radical (unpaired) electrons. The summed E-state index contributed by atoms with van der Waals surface area (Å²) in [4.78, 5) is 22.9. The standard InChI is InChI=1S/C49H90NO7P/c1-6-8-10-12-14-16-18-20-22-24-26-28-30-32-34-36-38-40-42-49(51)57-48(47-56-58(52,53)55-45-43-50(3,4)5)46-54-44-41-39-37-35-33-31-29-27-25-23-21-19-17-15-13-11-9-7-2/h9,11,15-18,21-24,48H,6-8,10,12-14,19-20,25-47H2,1-5H3/p+1/b11-9-,17-15-,18-16-,23-21-,24-22-. The van der Waals surface area contributed by atoms with Crippen LogP contribution in [0, 0.1) is 0 Å². The van der Waals surface area contributed by atoms with Crippen LogP contribution in [0.25, 0.3) is 0 Å². The molecule has 0 spiro atoms. The molecule has 58 heavy (non-hydrogen) atoms. The molecule has 8 nitrogen and oxygen atoms in total. The number of carbonyl (C=O) groups is 1. The van der Waals surface area contributed by atoms with E-state index in [1.54, 1.807) is 0 Å². The van der Waals surface area contributed by atoms with E-state index >= 15 is 0 Å². The summed E-state index contributed by atoms with van der Waals surface area (Å²) in [6.07, 6.45) is 52.5. The van der Waals surface area contributed by atoms with Crippen LogP contribution in [0.4, 0.5) is 0 Å². The molecule has 0 aliphatic carbocycles. The zero-order chi connectivity index (χ0) is 42.7. The van der Waals surface area contributed by atoms with Crippen LogP contribution >= 0.6 is 7.82 Å². The number of carbonyl (C=O) groups excluding carboxylic acids is 1. The fourth-order valence-electron chi connectivity index (χ4n) is 6.19. The van der Waals surface area contributed by atoms with E-state index in [-0.39, 0.29) is 25.8 Å². The third-order valence-electron chi connectivity index (χ3n) is 9.81. The Morgan fingerprint density at radius 3 is 1.50 bits per heavy atom. The number of likely N-dealkylation sites (N-methyl/N-ethyl adjacent to an activating group) is 1. The minimum Gasteiger partial charge on any atom is -0.457 e. The van der Waals surface area contributed by atoms with Gasteiger partial charge in [0.2, 0.25) is 0 Å². The van der Waals surface area contributed by atoms with Gasteiger partial charge >= 0.3 is 13.8 Å². The smallest absolute Gasteiger partial charge is 0.457 e. The lowest BCUT2D eigenvalue weighted by Crippen LogP contribution is -2.37. The van der Waals surface area contributed by atoms with E-state index in [2.05, 4.69) is 74.6 Å². The summed E-state index contributed by atoms with van der Waals surface area (Å²) in [5.74, 6) is -0.326. The second-order valence-electron chi connectivity index (χ2n) is 16.8. The fourth-order valence-corrected chi connectivity index (χ4v) is 6.93. The van der Waals surface area contributed by atoms with Crippen molar-refractivity contribution in [3.05, 3.63) is 60.8 Å². The first-order chi connectivity index (χ1) is 28.1. The van der Waals surface area contributed by atoms with Crippen LogP contribution in [0.3, 0.4) is 0 Å². The monoisotopic (exact) mass is 837 g/mol. The number of ether oxygens (including phenoxy) is 2. The average molecular weight is 837 g/mol. The van der Waals surface area contributed by atoms with Crippen LogP contribution in [0.15, 0.2) is 60.8 Å². The molecule has 0 saturated heterocycles. The van der Waals surface area contributed by atoms with Gasteiger partial charge in [0.05, 0.1) is 34.4 Å². The molecule has 9 heteroatoms. The topological polar surface area (TPSA) is 91.3 Å². The Bertz CT molecular complexity index is 1110. The van der Waals surface area contributed by atoms with Gasteiger partial charge in [-0.1, -0.05) is 164 Å². The number of nitrogens with zero attached hydrogens (tertiary/aromatic N) is 1. The molecule has 0 saturated carbocycles. The Morgan fingerprint density at radius 2 is 1.00 bits per heavy atom. The molecule has 0 aliphatic rings. The van der Waals surface area contributed by atoms with Gasteiger partial charge in [0, 0.05) is 13.0 Å². The minimum atomic E-state index is -4.28. The lowest BCUT2D eigenvalue weighted by Gasteiger charge is -2.24. The number of rotatable bonds is 43. The highest BCUT2D eigenvalue weighted by Crippen LogP contribution is 2.43. The largest absolute Gasteiger partial charge is 0.472 e. The number of phosphoric ester groups is 1. The quantitative estimate of drug-likeness (QED) is 0.0215. The SMILES string of the molecule is CC/C=C\C/C=C\C/C=C\CCCCCCCCCCOCC(COP(=O)(O)OCC[N+](C)(C)C)OC(=O)CCCCCCCCC/C=C\C/C=C\CCCCCC. The third kappa shape index (κ3) is 45.3. The lowest BCUT2D eigenvalue weighted by molar-refractivity contribution is -0.870. The number of unbranched alkanes of at least 4 members (excludes halogenated alkanes) is 19. The summed E-state index contributed by atoms with van der Waals surface area (Å²) in [5.41, 5.74) is 0. The van der Waals surface area contributed by atoms with Crippen LogP contribution in [0.1, 0.15) is 187 Å². The summed E-state index contributed by atoms with van der Waals surface area (Å²) < 4.78 is 35.1. The highest BCUT2D eigenvalue weighted by Gasteiger charge is 2.26. The van der Waals surface area contributed by atoms with E-state index in [1.165, 1.54) is 103 Å². The van der Waals surface area contributed by atoms with Gasteiger partial charge in [-0.25, -0.2) is 4.57 Å². The van der Waals surface area contributed by atoms with Gasteiger partial charge in [-0.2, -0.15) is 0 Å². The van der Waals surface area contributed by atoms with Crippen LogP contribution < -0.4 is 0 Å². The molecule has 0 aromatic rings. The summed E-state index contributed by atoms with van der Waals surface area (Å²) in [6, 6.07) is 0. The Balaban J connectivity index is 4.23. The number of hydrogen-bond acceptors (Lipinski definition) is 6. The van der Waals surface area contributed by atoms with E-state index in [9.17, 15) is 14.3 Å². The van der Waals surface area contributed by atoms with E-state index in [0.29, 0.717) is 24.1 Å². The van der Waals surface area contributed by atoms with Crippen molar-refractivity contribution >= 4 is 13.8 Å². The average Bonchev–Trinajstić information content (AvgIpc) is 3.18. The van der Waals surface area contributed by atoms with Crippen molar-refractivity contribution in [2.24, 2.45) is 0 Å². The zero-order valence-electron chi connectivity index (χ0n) is 38.3. The maximum absolute atomic E-state index is 12.7. The first kappa shape index (κ1) is 56.2. The summed E-state index contributed by atoms with van der Waals surface area (Å²) in [7, 11) is 1.65. The molecule has 2 unspecified atom stereocenters. The van der Waals surface area contributed by atoms with Crippen LogP contribution in [-0.4, -0.2) is 75.6 Å². The molecule has 0 aromatic carbocycles. The van der Waals surface area contributed by atoms with Crippen molar-refractivity contribution in [1.29, 1.82) is 0 Å². The maximum atomic E-state index is 12.7. The Kier molecular flexibility index (Phi) is 40.6. The molecular formula is C49H91NO7P+. The van der Waals surface area contributed by atoms with Gasteiger partial charge in [-0.3, -0.25) is 13.8 Å². The minimum absolute atomic E-state index is 0.0829. The second kappa shape index (κ2) is 41.9. The van der Waals surface area contributed by atoms with Crippen molar-refractivity contribution in [2.75, 3.05) is 54.1 Å². The van der Waals surface area contributed by atoms with Crippen molar-refractivity contribution < 1.29 is 37.3 Å². The maximum Gasteiger partial charge on any atom is 0.472 e. The van der Waals surface area contributed by atoms with Crippen molar-refractivity contribution in [3.8, 4) is 0 Å². The fraction of sp³-hybridized carbons (Fsp3) is 0.776. The highest BCUT2D eigenvalue weighted by molar-refractivity contribution is 7.47. The molecule has 0 rings (SSSR count). The molecule has 0 aromatic heterocycles. The molecule has 0 amide bonds. The number of hydrogen-bond donors (Lipinski definition) is 1. The van der Waals surface area contributed by atoms with Crippen LogP contribution in [-0.2, 0) is 27.9 Å². The third-order valence-corrected chi connectivity index (χ3v) is 10.8. The molecule has 0 aliphatic heterocycles. The zero-order valence-corrected chi connectivity index (χ0v) is 39.2. The van der Waals surface area contributed by atoms with Crippen molar-refractivity contribution in [2.45, 2.75) is 193 Å². The van der Waals surface area contributed by atoms with Crippen molar-refractivity contribution in [1.82, 2.24) is 0 Å². The van der Waals surface area contributed by atoms with E-state index in [1.807, 2.05) is 21.1 Å². The normalized spacial score (nSPS) is 14.2. The van der Waals surface area contributed by atoms with Crippen LogP contribution in [0.2, 0.25) is 0 Å². The summed E-state index contributed by atoms with van der Waals surface area (Å²) in [5, 5.41) is 0. The number of esters is 1. The lowest BCUT2D eigenvalue weighted by atomic mass is 10.1. The first-order valence-electron chi connectivity index (χ1n) is 23.5. The van der Waals surface area contributed by atoms with E-state index in [4.69, 9.17) is 18.5 Å². The Hall–Kier alpha value is -1.80. The molecule has 0 bridgehead atoms. The summed E-state index contributed by atoms with van der Waals surface area (Å²) >= 11 is 0. The van der Waals surface area contributed by atoms with Crippen LogP contribution in [0.5, 0.6) is 0 Å². The molecule has 1 N–H and O–H groups in total. The second-order valence-corrected chi connectivity index (χ2v) is 18.2.